The number of aryl methyl sites for hydroxylation is 1. The molecule has 0 aliphatic carbocycles. The summed E-state index contributed by atoms with van der Waals surface area (Å²) in [6.45, 7) is 3.17. The van der Waals surface area contributed by atoms with Gasteiger partial charge in [-0.25, -0.2) is 9.37 Å². The maximum atomic E-state index is 13.3. The first-order valence-corrected chi connectivity index (χ1v) is 10.3. The number of nitriles is 1. The van der Waals surface area contributed by atoms with Gasteiger partial charge in [0.2, 0.25) is 0 Å². The highest BCUT2D eigenvalue weighted by Gasteiger charge is 2.30. The van der Waals surface area contributed by atoms with E-state index in [9.17, 15) is 19.6 Å². The highest BCUT2D eigenvalue weighted by atomic mass is 35.5. The summed E-state index contributed by atoms with van der Waals surface area (Å²) in [5.74, 6) is -0.542. The van der Waals surface area contributed by atoms with Crippen LogP contribution < -0.4 is 15.8 Å². The van der Waals surface area contributed by atoms with Crippen molar-refractivity contribution in [1.29, 1.82) is 5.26 Å². The van der Waals surface area contributed by atoms with E-state index in [1.807, 2.05) is 17.9 Å². The molecule has 0 amide bonds. The summed E-state index contributed by atoms with van der Waals surface area (Å²) in [6.07, 6.45) is 0.681. The van der Waals surface area contributed by atoms with Crippen LogP contribution in [0.5, 0.6) is 5.75 Å². The van der Waals surface area contributed by atoms with E-state index in [1.165, 1.54) is 16.7 Å². The molecule has 1 aliphatic heterocycles. The number of aromatic hydroxyl groups is 1. The van der Waals surface area contributed by atoms with Crippen LogP contribution in [-0.2, 0) is 7.05 Å². The van der Waals surface area contributed by atoms with E-state index in [0.717, 1.165) is 6.07 Å². The van der Waals surface area contributed by atoms with Crippen LogP contribution in [0.2, 0.25) is 5.15 Å². The number of pyridine rings is 2. The minimum atomic E-state index is -0.501. The Balaban J connectivity index is 1.68. The Kier molecular flexibility index (Phi) is 5.46. The van der Waals surface area contributed by atoms with Gasteiger partial charge in [0.05, 0.1) is 16.9 Å². The van der Waals surface area contributed by atoms with Gasteiger partial charge in [-0.3, -0.25) is 4.79 Å². The molecule has 1 aromatic carbocycles. The topological polar surface area (TPSA) is 94.2 Å². The molecule has 1 aliphatic rings. The number of phenols is 1. The SMILES string of the molecule is C[C@@H]1CN(c2c(C#N)c(=O)n(C)c3ccc(Cl)nc23)CC[C@@H]1Nc1ccc(F)cc1O. The Morgan fingerprint density at radius 1 is 1.35 bits per heavy atom. The summed E-state index contributed by atoms with van der Waals surface area (Å²) in [4.78, 5) is 19.2. The lowest BCUT2D eigenvalue weighted by Crippen LogP contribution is -2.46. The van der Waals surface area contributed by atoms with Crippen molar-refractivity contribution in [2.45, 2.75) is 19.4 Å². The van der Waals surface area contributed by atoms with Gasteiger partial charge in [0.25, 0.3) is 5.56 Å². The molecular formula is C22H21ClFN5O2. The van der Waals surface area contributed by atoms with E-state index >= 15 is 0 Å². The second-order valence-electron chi connectivity index (χ2n) is 7.83. The first kappa shape index (κ1) is 20.9. The van der Waals surface area contributed by atoms with E-state index in [0.29, 0.717) is 41.9 Å². The third kappa shape index (κ3) is 3.77. The molecule has 31 heavy (non-hydrogen) atoms. The van der Waals surface area contributed by atoms with Gasteiger partial charge in [0, 0.05) is 32.2 Å². The van der Waals surface area contributed by atoms with E-state index < -0.39 is 5.82 Å². The van der Waals surface area contributed by atoms with E-state index in [4.69, 9.17) is 11.6 Å². The van der Waals surface area contributed by atoms with E-state index in [-0.39, 0.29) is 34.0 Å². The normalized spacial score (nSPS) is 18.7. The zero-order valence-corrected chi connectivity index (χ0v) is 17.8. The van der Waals surface area contributed by atoms with Crippen LogP contribution in [0.25, 0.3) is 11.0 Å². The maximum Gasteiger partial charge on any atom is 0.270 e. The van der Waals surface area contributed by atoms with Crippen LogP contribution in [-0.4, -0.2) is 33.8 Å². The molecule has 2 aromatic heterocycles. The molecule has 0 saturated carbocycles. The lowest BCUT2D eigenvalue weighted by atomic mass is 9.92. The number of halogens is 2. The van der Waals surface area contributed by atoms with E-state index in [1.54, 1.807) is 19.2 Å². The number of phenolic OH excluding ortho intramolecular Hbond substituents is 1. The standard InChI is InChI=1S/C22H21ClFN5O2/c1-12-11-29(8-7-15(12)26-16-4-3-13(24)9-18(16)30)21-14(10-25)22(31)28(2)17-5-6-19(23)27-20(17)21/h3-6,9,12,15,26,30H,7-8,11H2,1-2H3/t12-,15+/m1/s1. The highest BCUT2D eigenvalue weighted by molar-refractivity contribution is 6.29. The fraction of sp³-hybridized carbons (Fsp3) is 0.318. The van der Waals surface area contributed by atoms with Crippen LogP contribution in [0.15, 0.2) is 35.1 Å². The molecule has 0 radical (unpaired) electrons. The van der Waals surface area contributed by atoms with Crippen LogP contribution in [0, 0.1) is 23.1 Å². The molecule has 2 N–H and O–H groups in total. The van der Waals surface area contributed by atoms with Crippen LogP contribution in [0.3, 0.4) is 0 Å². The summed E-state index contributed by atoms with van der Waals surface area (Å²) in [7, 11) is 1.61. The average molecular weight is 442 g/mol. The smallest absolute Gasteiger partial charge is 0.270 e. The van der Waals surface area contributed by atoms with Crippen molar-refractivity contribution in [3.63, 3.8) is 0 Å². The van der Waals surface area contributed by atoms with Gasteiger partial charge >= 0.3 is 0 Å². The molecule has 3 aromatic rings. The highest BCUT2D eigenvalue weighted by Crippen LogP contribution is 2.33. The van der Waals surface area contributed by atoms with Gasteiger partial charge in [-0.05, 0) is 36.6 Å². The predicted octanol–water partition coefficient (Wildman–Crippen LogP) is 3.63. The molecule has 1 saturated heterocycles. The minimum Gasteiger partial charge on any atom is -0.506 e. The largest absolute Gasteiger partial charge is 0.506 e. The van der Waals surface area contributed by atoms with Gasteiger partial charge < -0.3 is 19.9 Å². The Morgan fingerprint density at radius 3 is 2.81 bits per heavy atom. The molecule has 4 rings (SSSR count). The number of rotatable bonds is 3. The maximum absolute atomic E-state index is 13.3. The minimum absolute atomic E-state index is 0.0208. The Bertz CT molecular complexity index is 1270. The van der Waals surface area contributed by atoms with Gasteiger partial charge in [0.15, 0.2) is 0 Å². The fourth-order valence-corrected chi connectivity index (χ4v) is 4.32. The Hall–Kier alpha value is -3.31. The second-order valence-corrected chi connectivity index (χ2v) is 8.21. The number of benzene rings is 1. The lowest BCUT2D eigenvalue weighted by Gasteiger charge is -2.39. The summed E-state index contributed by atoms with van der Waals surface area (Å²) < 4.78 is 14.7. The number of anilines is 2. The zero-order chi connectivity index (χ0) is 22.3. The van der Waals surface area contributed by atoms with Crippen LogP contribution in [0.1, 0.15) is 18.9 Å². The van der Waals surface area contributed by atoms with Crippen molar-refractivity contribution in [2.75, 3.05) is 23.3 Å². The monoisotopic (exact) mass is 441 g/mol. The average Bonchev–Trinajstić information content (AvgIpc) is 2.73. The van der Waals surface area contributed by atoms with Crippen molar-refractivity contribution < 1.29 is 9.50 Å². The van der Waals surface area contributed by atoms with Crippen molar-refractivity contribution in [3.05, 3.63) is 57.2 Å². The Morgan fingerprint density at radius 2 is 2.13 bits per heavy atom. The number of piperidine rings is 1. The summed E-state index contributed by atoms with van der Waals surface area (Å²) in [6, 6.07) is 9.29. The van der Waals surface area contributed by atoms with Gasteiger partial charge in [-0.2, -0.15) is 5.26 Å². The molecule has 0 bridgehead atoms. The quantitative estimate of drug-likeness (QED) is 0.476. The fourth-order valence-electron chi connectivity index (χ4n) is 4.17. The summed E-state index contributed by atoms with van der Waals surface area (Å²) >= 11 is 6.12. The van der Waals surface area contributed by atoms with Crippen molar-refractivity contribution in [1.82, 2.24) is 9.55 Å². The number of hydrogen-bond acceptors (Lipinski definition) is 6. The second kappa shape index (κ2) is 8.08. The first-order chi connectivity index (χ1) is 14.8. The first-order valence-electron chi connectivity index (χ1n) is 9.89. The molecular weight excluding hydrogens is 421 g/mol. The molecule has 3 heterocycles. The number of aromatic nitrogens is 2. The van der Waals surface area contributed by atoms with Crippen LogP contribution >= 0.6 is 11.6 Å². The molecule has 160 valence electrons. The Labute approximate surface area is 183 Å². The molecule has 0 spiro atoms. The summed E-state index contributed by atoms with van der Waals surface area (Å²) in [5.41, 5.74) is 1.75. The van der Waals surface area contributed by atoms with Gasteiger partial charge in [-0.15, -0.1) is 0 Å². The third-order valence-electron chi connectivity index (χ3n) is 5.81. The third-order valence-corrected chi connectivity index (χ3v) is 6.03. The van der Waals surface area contributed by atoms with Crippen molar-refractivity contribution in [3.8, 4) is 11.8 Å². The molecule has 7 nitrogen and oxygen atoms in total. The van der Waals surface area contributed by atoms with Gasteiger partial charge in [0.1, 0.15) is 33.9 Å². The van der Waals surface area contributed by atoms with Gasteiger partial charge in [-0.1, -0.05) is 18.5 Å². The molecule has 0 unspecified atom stereocenters. The molecule has 2 atom stereocenters. The number of hydrogen-bond donors (Lipinski definition) is 2. The zero-order valence-electron chi connectivity index (χ0n) is 17.1. The number of nitrogens with zero attached hydrogens (tertiary/aromatic N) is 4. The summed E-state index contributed by atoms with van der Waals surface area (Å²) in [5, 5.41) is 23.3. The lowest BCUT2D eigenvalue weighted by molar-refractivity contribution is 0.401. The predicted molar refractivity (Wildman–Crippen MR) is 118 cm³/mol. The van der Waals surface area contributed by atoms with Crippen LogP contribution in [0.4, 0.5) is 15.8 Å². The number of fused-ring (bicyclic) bond motifs is 1. The number of nitrogens with one attached hydrogen (secondary N) is 1. The molecule has 1 fully saturated rings. The van der Waals surface area contributed by atoms with Crippen molar-refractivity contribution >= 4 is 34.0 Å². The molecule has 9 heteroatoms. The van der Waals surface area contributed by atoms with E-state index in [2.05, 4.69) is 10.3 Å². The van der Waals surface area contributed by atoms with Crippen molar-refractivity contribution in [2.24, 2.45) is 13.0 Å².